The van der Waals surface area contributed by atoms with Crippen LogP contribution < -0.4 is 10.1 Å². The van der Waals surface area contributed by atoms with Crippen LogP contribution in [0, 0.1) is 12.8 Å². The quantitative estimate of drug-likeness (QED) is 0.607. The Kier molecular flexibility index (Phi) is 6.06. The van der Waals surface area contributed by atoms with E-state index in [1.165, 1.54) is 38.5 Å². The van der Waals surface area contributed by atoms with E-state index in [4.69, 9.17) is 14.7 Å². The van der Waals surface area contributed by atoms with E-state index in [-0.39, 0.29) is 5.91 Å². The zero-order valence-corrected chi connectivity index (χ0v) is 18.8. The predicted molar refractivity (Wildman–Crippen MR) is 124 cm³/mol. The van der Waals surface area contributed by atoms with Gasteiger partial charge in [-0.15, -0.1) is 0 Å². The van der Waals surface area contributed by atoms with Crippen LogP contribution in [0.15, 0.2) is 24.4 Å². The number of hydrogen-bond acceptors (Lipinski definition) is 5. The molecule has 1 aliphatic heterocycles. The lowest BCUT2D eigenvalue weighted by molar-refractivity contribution is 0.102. The summed E-state index contributed by atoms with van der Waals surface area (Å²) in [6.07, 6.45) is 12.3. The monoisotopic (exact) mass is 433 g/mol. The number of anilines is 1. The molecule has 0 bridgehead atoms. The highest BCUT2D eigenvalue weighted by Gasteiger charge is 2.22. The fraction of sp³-hybridized carbons (Fsp3) is 0.520. The molecule has 1 saturated carbocycles. The zero-order chi connectivity index (χ0) is 21.9. The maximum absolute atomic E-state index is 13.3. The molecule has 32 heavy (non-hydrogen) atoms. The van der Waals surface area contributed by atoms with Crippen molar-refractivity contribution < 1.29 is 9.53 Å². The van der Waals surface area contributed by atoms with E-state index in [1.54, 1.807) is 6.20 Å². The van der Waals surface area contributed by atoms with Gasteiger partial charge in [0.05, 0.1) is 12.2 Å². The van der Waals surface area contributed by atoms with Crippen LogP contribution in [0.1, 0.15) is 73.2 Å². The first kappa shape index (κ1) is 20.9. The van der Waals surface area contributed by atoms with Gasteiger partial charge in [0, 0.05) is 24.9 Å². The normalized spacial score (nSPS) is 17.0. The van der Waals surface area contributed by atoms with Gasteiger partial charge in [-0.3, -0.25) is 4.79 Å². The topological polar surface area (TPSA) is 81.9 Å². The van der Waals surface area contributed by atoms with Crippen LogP contribution >= 0.6 is 0 Å². The van der Waals surface area contributed by atoms with Crippen LogP contribution in [0.2, 0.25) is 0 Å². The Morgan fingerprint density at radius 2 is 2.00 bits per heavy atom. The lowest BCUT2D eigenvalue weighted by atomic mass is 9.90. The van der Waals surface area contributed by atoms with E-state index in [9.17, 15) is 4.79 Å². The number of aryl methyl sites for hydroxylation is 3. The molecule has 0 saturated heterocycles. The van der Waals surface area contributed by atoms with Crippen molar-refractivity contribution in [2.45, 2.75) is 71.3 Å². The van der Waals surface area contributed by atoms with Gasteiger partial charge in [0.1, 0.15) is 11.3 Å². The fourth-order valence-electron chi connectivity index (χ4n) is 4.93. The fourth-order valence-corrected chi connectivity index (χ4v) is 4.93. The Bertz CT molecular complexity index is 1120. The molecule has 1 fully saturated rings. The predicted octanol–water partition coefficient (Wildman–Crippen LogP) is 5.07. The molecule has 0 unspecified atom stereocenters. The molecule has 5 rings (SSSR count). The van der Waals surface area contributed by atoms with Crippen molar-refractivity contribution in [3.05, 3.63) is 41.5 Å². The minimum Gasteiger partial charge on any atom is -0.489 e. The summed E-state index contributed by atoms with van der Waals surface area (Å²) in [6, 6.07) is 5.53. The van der Waals surface area contributed by atoms with Gasteiger partial charge < -0.3 is 14.6 Å². The van der Waals surface area contributed by atoms with Gasteiger partial charge in [0.15, 0.2) is 17.2 Å². The second-order valence-electron chi connectivity index (χ2n) is 9.09. The highest BCUT2D eigenvalue weighted by Crippen LogP contribution is 2.28. The van der Waals surface area contributed by atoms with Gasteiger partial charge in [-0.1, -0.05) is 25.7 Å². The highest BCUT2D eigenvalue weighted by molar-refractivity contribution is 6.11. The Balaban J connectivity index is 1.39. The number of carbonyl (C=O) groups excluding carboxylic acids is 1. The maximum Gasteiger partial charge on any atom is 0.259 e. The lowest BCUT2D eigenvalue weighted by Gasteiger charge is -2.22. The van der Waals surface area contributed by atoms with Gasteiger partial charge in [-0.05, 0) is 56.7 Å². The third-order valence-electron chi connectivity index (χ3n) is 6.64. The van der Waals surface area contributed by atoms with Crippen LogP contribution in [0.25, 0.3) is 11.2 Å². The molecule has 1 aliphatic carbocycles. The maximum atomic E-state index is 13.3. The summed E-state index contributed by atoms with van der Waals surface area (Å²) in [5, 5.41) is 2.97. The summed E-state index contributed by atoms with van der Waals surface area (Å²) in [5.41, 5.74) is 2.83. The number of ether oxygens (including phenoxy) is 1. The van der Waals surface area contributed by atoms with Crippen molar-refractivity contribution in [3.63, 3.8) is 0 Å². The number of nitrogens with zero attached hydrogens (tertiary/aromatic N) is 4. The average Bonchev–Trinajstić information content (AvgIpc) is 2.99. The number of rotatable bonds is 5. The molecule has 7 heteroatoms. The van der Waals surface area contributed by atoms with Crippen molar-refractivity contribution in [1.82, 2.24) is 19.5 Å². The zero-order valence-electron chi connectivity index (χ0n) is 18.8. The lowest BCUT2D eigenvalue weighted by Crippen LogP contribution is -2.18. The number of hydrogen-bond donors (Lipinski definition) is 1. The van der Waals surface area contributed by atoms with Crippen molar-refractivity contribution in [2.75, 3.05) is 11.9 Å². The molecule has 0 aromatic carbocycles. The Morgan fingerprint density at radius 1 is 1.16 bits per heavy atom. The van der Waals surface area contributed by atoms with Crippen molar-refractivity contribution in [1.29, 1.82) is 0 Å². The minimum atomic E-state index is -0.227. The van der Waals surface area contributed by atoms with E-state index < -0.39 is 0 Å². The van der Waals surface area contributed by atoms with Crippen LogP contribution in [0.3, 0.4) is 0 Å². The number of nitrogens with one attached hydrogen (secondary N) is 1. The third kappa shape index (κ3) is 4.33. The molecule has 0 radical (unpaired) electrons. The van der Waals surface area contributed by atoms with E-state index in [0.717, 1.165) is 43.0 Å². The molecule has 3 aromatic heterocycles. The summed E-state index contributed by atoms with van der Waals surface area (Å²) in [5.74, 6) is 2.45. The van der Waals surface area contributed by atoms with E-state index >= 15 is 0 Å². The molecule has 0 atom stereocenters. The van der Waals surface area contributed by atoms with Gasteiger partial charge in [-0.25, -0.2) is 15.0 Å². The number of fused-ring (bicyclic) bond motifs is 3. The van der Waals surface area contributed by atoms with Gasteiger partial charge >= 0.3 is 0 Å². The second-order valence-corrected chi connectivity index (χ2v) is 9.09. The summed E-state index contributed by atoms with van der Waals surface area (Å²) in [6.45, 7) is 3.50. The Morgan fingerprint density at radius 3 is 2.88 bits per heavy atom. The largest absolute Gasteiger partial charge is 0.489 e. The molecule has 1 amide bonds. The van der Waals surface area contributed by atoms with Crippen molar-refractivity contribution in [3.8, 4) is 5.75 Å². The SMILES string of the molecule is Cc1cc(C(=O)Nc2ncccc2OCC2CCCCC2)c2nc3n(c2n1)CCCCC3. The van der Waals surface area contributed by atoms with E-state index in [0.29, 0.717) is 35.2 Å². The van der Waals surface area contributed by atoms with Crippen molar-refractivity contribution >= 4 is 22.9 Å². The first-order chi connectivity index (χ1) is 15.7. The number of imidazole rings is 1. The van der Waals surface area contributed by atoms with Crippen LogP contribution in [0.4, 0.5) is 5.82 Å². The first-order valence-corrected chi connectivity index (χ1v) is 11.9. The number of carbonyl (C=O) groups is 1. The minimum absolute atomic E-state index is 0.227. The van der Waals surface area contributed by atoms with Gasteiger partial charge in [-0.2, -0.15) is 0 Å². The third-order valence-corrected chi connectivity index (χ3v) is 6.64. The number of amides is 1. The molecule has 0 spiro atoms. The van der Waals surface area contributed by atoms with Crippen molar-refractivity contribution in [2.24, 2.45) is 5.92 Å². The number of aromatic nitrogens is 4. The summed E-state index contributed by atoms with van der Waals surface area (Å²) in [4.78, 5) is 27.3. The summed E-state index contributed by atoms with van der Waals surface area (Å²) in [7, 11) is 0. The smallest absolute Gasteiger partial charge is 0.259 e. The molecule has 3 aromatic rings. The molecule has 4 heterocycles. The molecule has 1 N–H and O–H groups in total. The molecular weight excluding hydrogens is 402 g/mol. The number of pyridine rings is 2. The van der Waals surface area contributed by atoms with Gasteiger partial charge in [0.2, 0.25) is 0 Å². The molecular formula is C25H31N5O2. The van der Waals surface area contributed by atoms with E-state index in [1.807, 2.05) is 25.1 Å². The van der Waals surface area contributed by atoms with Crippen LogP contribution in [-0.2, 0) is 13.0 Å². The standard InChI is InChI=1S/C25H31N5O2/c1-17-15-19(22-24(27-17)30-14-7-3-6-12-21(30)28-22)25(31)29-23-20(11-8-13-26-23)32-16-18-9-4-2-5-10-18/h8,11,13,15,18H,2-7,9-10,12,14,16H2,1H3,(H,26,29,31). The van der Waals surface area contributed by atoms with Gasteiger partial charge in [0.25, 0.3) is 5.91 Å². The molecule has 2 aliphatic rings. The highest BCUT2D eigenvalue weighted by atomic mass is 16.5. The Labute approximate surface area is 188 Å². The van der Waals surface area contributed by atoms with E-state index in [2.05, 4.69) is 14.9 Å². The first-order valence-electron chi connectivity index (χ1n) is 11.9. The summed E-state index contributed by atoms with van der Waals surface area (Å²) < 4.78 is 8.28. The molecule has 7 nitrogen and oxygen atoms in total. The summed E-state index contributed by atoms with van der Waals surface area (Å²) >= 11 is 0. The van der Waals surface area contributed by atoms with Crippen LogP contribution in [0.5, 0.6) is 5.75 Å². The second kappa shape index (κ2) is 9.27. The Hall–Kier alpha value is -2.96. The average molecular weight is 434 g/mol. The van der Waals surface area contributed by atoms with Crippen LogP contribution in [-0.4, -0.2) is 32.0 Å². The molecule has 168 valence electrons.